The third-order valence-electron chi connectivity index (χ3n) is 4.25. The van der Waals surface area contributed by atoms with Crippen LogP contribution in [0, 0.1) is 5.41 Å². The summed E-state index contributed by atoms with van der Waals surface area (Å²) < 4.78 is 0. The summed E-state index contributed by atoms with van der Waals surface area (Å²) in [6.07, 6.45) is 3.25. The van der Waals surface area contributed by atoms with E-state index in [9.17, 15) is 0 Å². The average Bonchev–Trinajstić information content (AvgIpc) is 3.08. The van der Waals surface area contributed by atoms with Crippen molar-refractivity contribution in [2.75, 3.05) is 31.1 Å². The number of anilines is 1. The fraction of sp³-hybridized carbons (Fsp3) is 0.500. The topological polar surface area (TPSA) is 19.4 Å². The van der Waals surface area contributed by atoms with Gasteiger partial charge < -0.3 is 4.90 Å². The molecule has 0 bridgehead atoms. The standard InChI is InChI=1S/C14H17N3S2/c1-5-18-8-12(1)7-16-4-2-14(9-16)10-17(11-14)13-15-3-6-19-13/h1,3,5-6,8H,2,4,7,9-11H2. The van der Waals surface area contributed by atoms with Crippen LogP contribution in [0.4, 0.5) is 5.13 Å². The van der Waals surface area contributed by atoms with Crippen LogP contribution in [-0.4, -0.2) is 36.1 Å². The molecule has 4 heterocycles. The number of hydrogen-bond donors (Lipinski definition) is 0. The smallest absolute Gasteiger partial charge is 0.185 e. The van der Waals surface area contributed by atoms with Crippen LogP contribution in [0.1, 0.15) is 12.0 Å². The first-order valence-electron chi connectivity index (χ1n) is 6.71. The summed E-state index contributed by atoms with van der Waals surface area (Å²) in [7, 11) is 0. The molecule has 0 saturated carbocycles. The maximum Gasteiger partial charge on any atom is 0.185 e. The van der Waals surface area contributed by atoms with Crippen molar-refractivity contribution in [2.45, 2.75) is 13.0 Å². The van der Waals surface area contributed by atoms with E-state index in [0.29, 0.717) is 5.41 Å². The molecule has 0 aromatic carbocycles. The number of likely N-dealkylation sites (tertiary alicyclic amines) is 1. The van der Waals surface area contributed by atoms with Crippen LogP contribution >= 0.6 is 22.7 Å². The molecule has 0 radical (unpaired) electrons. The lowest BCUT2D eigenvalue weighted by Gasteiger charge is -2.48. The van der Waals surface area contributed by atoms with E-state index in [0.717, 1.165) is 6.54 Å². The monoisotopic (exact) mass is 291 g/mol. The van der Waals surface area contributed by atoms with Gasteiger partial charge in [-0.25, -0.2) is 4.98 Å². The summed E-state index contributed by atoms with van der Waals surface area (Å²) in [4.78, 5) is 9.45. The molecule has 0 unspecified atom stereocenters. The van der Waals surface area contributed by atoms with Crippen molar-refractivity contribution in [3.05, 3.63) is 34.0 Å². The fourth-order valence-electron chi connectivity index (χ4n) is 3.33. The first kappa shape index (κ1) is 11.9. The van der Waals surface area contributed by atoms with Crippen molar-refractivity contribution >= 4 is 27.8 Å². The molecule has 2 fully saturated rings. The number of rotatable bonds is 3. The molecule has 0 amide bonds. The van der Waals surface area contributed by atoms with Gasteiger partial charge >= 0.3 is 0 Å². The van der Waals surface area contributed by atoms with Gasteiger partial charge in [-0.3, -0.25) is 4.90 Å². The summed E-state index contributed by atoms with van der Waals surface area (Å²) in [6, 6.07) is 2.25. The summed E-state index contributed by atoms with van der Waals surface area (Å²) in [5, 5.41) is 7.71. The highest BCUT2D eigenvalue weighted by atomic mass is 32.1. The molecule has 19 heavy (non-hydrogen) atoms. The van der Waals surface area contributed by atoms with E-state index in [2.05, 4.69) is 37.0 Å². The number of thiophene rings is 1. The Kier molecular flexibility index (Phi) is 2.86. The molecule has 2 aromatic rings. The summed E-state index contributed by atoms with van der Waals surface area (Å²) in [5.41, 5.74) is 2.01. The van der Waals surface area contributed by atoms with Crippen LogP contribution in [0.3, 0.4) is 0 Å². The molecule has 0 aliphatic carbocycles. The second kappa shape index (κ2) is 4.58. The molecular formula is C14H17N3S2. The van der Waals surface area contributed by atoms with Crippen molar-refractivity contribution < 1.29 is 0 Å². The third kappa shape index (κ3) is 2.20. The zero-order valence-electron chi connectivity index (χ0n) is 10.8. The Morgan fingerprint density at radius 1 is 1.26 bits per heavy atom. The van der Waals surface area contributed by atoms with Crippen molar-refractivity contribution in [1.29, 1.82) is 0 Å². The second-order valence-corrected chi connectivity index (χ2v) is 7.42. The molecule has 5 heteroatoms. The molecule has 0 atom stereocenters. The Hall–Kier alpha value is -0.910. The molecule has 3 nitrogen and oxygen atoms in total. The van der Waals surface area contributed by atoms with Crippen LogP contribution < -0.4 is 4.90 Å². The van der Waals surface area contributed by atoms with Gasteiger partial charge in [0.2, 0.25) is 0 Å². The van der Waals surface area contributed by atoms with E-state index in [-0.39, 0.29) is 0 Å². The van der Waals surface area contributed by atoms with E-state index >= 15 is 0 Å². The average molecular weight is 291 g/mol. The van der Waals surface area contributed by atoms with Crippen molar-refractivity contribution in [1.82, 2.24) is 9.88 Å². The van der Waals surface area contributed by atoms with E-state index in [4.69, 9.17) is 0 Å². The Morgan fingerprint density at radius 2 is 2.21 bits per heavy atom. The minimum absolute atomic E-state index is 0.543. The highest BCUT2D eigenvalue weighted by molar-refractivity contribution is 7.13. The Labute approximate surface area is 121 Å². The quantitative estimate of drug-likeness (QED) is 0.867. The number of thiazole rings is 1. The Bertz CT molecular complexity index is 529. The SMILES string of the molecule is c1csc(N2CC3(CCN(Cc4ccsc4)C3)C2)n1. The van der Waals surface area contributed by atoms with E-state index in [1.165, 1.54) is 43.3 Å². The van der Waals surface area contributed by atoms with Crippen LogP contribution in [-0.2, 0) is 6.54 Å². The lowest BCUT2D eigenvalue weighted by molar-refractivity contribution is 0.202. The van der Waals surface area contributed by atoms with Gasteiger partial charge in [0.05, 0.1) is 0 Å². The molecule has 2 aromatic heterocycles. The van der Waals surface area contributed by atoms with Gasteiger partial charge in [0.1, 0.15) is 0 Å². The zero-order valence-corrected chi connectivity index (χ0v) is 12.4. The van der Waals surface area contributed by atoms with Gasteiger partial charge in [0, 0.05) is 43.2 Å². The Morgan fingerprint density at radius 3 is 2.95 bits per heavy atom. The first-order valence-corrected chi connectivity index (χ1v) is 8.53. The molecule has 2 aliphatic heterocycles. The first-order chi connectivity index (χ1) is 9.33. The van der Waals surface area contributed by atoms with Crippen molar-refractivity contribution in [3.63, 3.8) is 0 Å². The summed E-state index contributed by atoms with van der Waals surface area (Å²) in [5.74, 6) is 0. The van der Waals surface area contributed by atoms with Gasteiger partial charge in [0.25, 0.3) is 0 Å². The minimum Gasteiger partial charge on any atom is -0.347 e. The predicted octanol–water partition coefficient (Wildman–Crippen LogP) is 2.92. The molecule has 2 aliphatic rings. The van der Waals surface area contributed by atoms with Gasteiger partial charge in [-0.1, -0.05) is 0 Å². The summed E-state index contributed by atoms with van der Waals surface area (Å²) in [6.45, 7) is 6.02. The minimum atomic E-state index is 0.543. The molecule has 100 valence electrons. The van der Waals surface area contributed by atoms with E-state index < -0.39 is 0 Å². The largest absolute Gasteiger partial charge is 0.347 e. The van der Waals surface area contributed by atoms with Crippen molar-refractivity contribution in [2.24, 2.45) is 5.41 Å². The van der Waals surface area contributed by atoms with Gasteiger partial charge in [-0.2, -0.15) is 11.3 Å². The maximum absolute atomic E-state index is 4.40. The van der Waals surface area contributed by atoms with Gasteiger partial charge in [-0.05, 0) is 35.4 Å². The van der Waals surface area contributed by atoms with Crippen LogP contribution in [0.2, 0.25) is 0 Å². The lowest BCUT2D eigenvalue weighted by Crippen LogP contribution is -2.57. The molecule has 0 N–H and O–H groups in total. The predicted molar refractivity (Wildman–Crippen MR) is 81.0 cm³/mol. The normalized spacial score (nSPS) is 22.0. The molecular weight excluding hydrogens is 274 g/mol. The lowest BCUT2D eigenvalue weighted by atomic mass is 9.79. The van der Waals surface area contributed by atoms with Gasteiger partial charge in [-0.15, -0.1) is 11.3 Å². The van der Waals surface area contributed by atoms with Crippen LogP contribution in [0.25, 0.3) is 0 Å². The van der Waals surface area contributed by atoms with E-state index in [1.807, 2.05) is 6.20 Å². The zero-order chi connectivity index (χ0) is 12.7. The maximum atomic E-state index is 4.40. The molecule has 4 rings (SSSR count). The number of aromatic nitrogens is 1. The summed E-state index contributed by atoms with van der Waals surface area (Å²) >= 11 is 3.56. The Balaban J connectivity index is 1.36. The second-order valence-electron chi connectivity index (χ2n) is 5.76. The molecule has 2 saturated heterocycles. The van der Waals surface area contributed by atoms with Gasteiger partial charge in [0.15, 0.2) is 5.13 Å². The fourth-order valence-corrected chi connectivity index (χ4v) is 4.64. The third-order valence-corrected chi connectivity index (χ3v) is 5.81. The highest BCUT2D eigenvalue weighted by Crippen LogP contribution is 2.42. The highest BCUT2D eigenvalue weighted by Gasteiger charge is 2.48. The van der Waals surface area contributed by atoms with Crippen molar-refractivity contribution in [3.8, 4) is 0 Å². The van der Waals surface area contributed by atoms with Crippen LogP contribution in [0.5, 0.6) is 0 Å². The number of hydrogen-bond acceptors (Lipinski definition) is 5. The van der Waals surface area contributed by atoms with E-state index in [1.54, 1.807) is 22.7 Å². The van der Waals surface area contributed by atoms with Crippen LogP contribution in [0.15, 0.2) is 28.4 Å². The molecule has 1 spiro atoms. The number of nitrogens with zero attached hydrogens (tertiary/aromatic N) is 3.